The Balaban J connectivity index is 2.23. The Kier molecular flexibility index (Phi) is 5.01. The second-order valence-electron chi connectivity index (χ2n) is 5.43. The molecule has 1 aromatic carbocycles. The summed E-state index contributed by atoms with van der Waals surface area (Å²) in [7, 11) is 1.61. The van der Waals surface area contributed by atoms with Gasteiger partial charge in [0.1, 0.15) is 5.75 Å². The maximum atomic E-state index is 12.8. The Morgan fingerprint density at radius 3 is 2.75 bits per heavy atom. The van der Waals surface area contributed by atoms with Gasteiger partial charge in [-0.15, -0.1) is 0 Å². The summed E-state index contributed by atoms with van der Waals surface area (Å²) in [5.74, 6) is 0.723. The van der Waals surface area contributed by atoms with Crippen molar-refractivity contribution in [1.29, 1.82) is 0 Å². The van der Waals surface area contributed by atoms with Gasteiger partial charge in [0, 0.05) is 12.6 Å². The quantitative estimate of drug-likeness (QED) is 0.867. The van der Waals surface area contributed by atoms with E-state index in [2.05, 4.69) is 0 Å². The summed E-state index contributed by atoms with van der Waals surface area (Å²) >= 11 is 0. The molecule has 1 aromatic rings. The van der Waals surface area contributed by atoms with Gasteiger partial charge in [0.05, 0.1) is 12.7 Å². The average Bonchev–Trinajstić information content (AvgIpc) is 2.40. The number of benzene rings is 1. The molecule has 0 unspecified atom stereocenters. The van der Waals surface area contributed by atoms with E-state index >= 15 is 0 Å². The molecular weight excluding hydrogens is 252 g/mol. The number of nitrogens with zero attached hydrogens (tertiary/aromatic N) is 1. The topological polar surface area (TPSA) is 55.6 Å². The minimum Gasteiger partial charge on any atom is -0.496 e. The molecule has 2 N–H and O–H groups in total. The van der Waals surface area contributed by atoms with E-state index in [-0.39, 0.29) is 5.91 Å². The van der Waals surface area contributed by atoms with Gasteiger partial charge in [-0.3, -0.25) is 4.79 Å². The third-order valence-corrected chi connectivity index (χ3v) is 3.96. The van der Waals surface area contributed by atoms with Crippen LogP contribution in [0.2, 0.25) is 0 Å². The molecule has 1 aliphatic carbocycles. The summed E-state index contributed by atoms with van der Waals surface area (Å²) in [5, 5.41) is 0. The van der Waals surface area contributed by atoms with Gasteiger partial charge in [-0.2, -0.15) is 0 Å². The van der Waals surface area contributed by atoms with Crippen molar-refractivity contribution < 1.29 is 9.53 Å². The highest BCUT2D eigenvalue weighted by Gasteiger charge is 2.30. The normalized spacial score (nSPS) is 14.8. The van der Waals surface area contributed by atoms with Crippen molar-refractivity contribution in [3.8, 4) is 5.75 Å². The first-order valence-corrected chi connectivity index (χ1v) is 7.33. The van der Waals surface area contributed by atoms with Gasteiger partial charge >= 0.3 is 0 Å². The molecule has 0 heterocycles. The van der Waals surface area contributed by atoms with Crippen molar-refractivity contribution in [2.75, 3.05) is 20.2 Å². The summed E-state index contributed by atoms with van der Waals surface area (Å²) in [5.41, 5.74) is 7.33. The first-order chi connectivity index (χ1) is 9.67. The zero-order valence-corrected chi connectivity index (χ0v) is 12.4. The SMILES string of the molecule is COc1ccc(C)cc1C(=O)N(CCCN)C1CCC1. The Labute approximate surface area is 120 Å². The third kappa shape index (κ3) is 3.12. The zero-order chi connectivity index (χ0) is 14.5. The van der Waals surface area contributed by atoms with E-state index in [0.717, 1.165) is 31.4 Å². The van der Waals surface area contributed by atoms with Crippen LogP contribution in [0, 0.1) is 6.92 Å². The van der Waals surface area contributed by atoms with Gasteiger partial charge < -0.3 is 15.4 Å². The van der Waals surface area contributed by atoms with Crippen LogP contribution in [0.3, 0.4) is 0 Å². The Morgan fingerprint density at radius 1 is 1.45 bits per heavy atom. The van der Waals surface area contributed by atoms with Crippen molar-refractivity contribution in [3.05, 3.63) is 29.3 Å². The molecule has 0 aliphatic heterocycles. The van der Waals surface area contributed by atoms with Crippen molar-refractivity contribution in [2.24, 2.45) is 5.73 Å². The molecule has 0 atom stereocenters. The maximum Gasteiger partial charge on any atom is 0.257 e. The molecule has 0 radical (unpaired) electrons. The molecule has 20 heavy (non-hydrogen) atoms. The fourth-order valence-electron chi connectivity index (χ4n) is 2.55. The van der Waals surface area contributed by atoms with Crippen molar-refractivity contribution >= 4 is 5.91 Å². The van der Waals surface area contributed by atoms with E-state index in [0.29, 0.717) is 23.9 Å². The molecule has 1 fully saturated rings. The number of nitrogens with two attached hydrogens (primary N) is 1. The number of ether oxygens (including phenoxy) is 1. The summed E-state index contributed by atoms with van der Waals surface area (Å²) in [6, 6.07) is 6.11. The van der Waals surface area contributed by atoms with Crippen LogP contribution in [-0.2, 0) is 0 Å². The molecule has 110 valence electrons. The molecular formula is C16H24N2O2. The van der Waals surface area contributed by atoms with Crippen LogP contribution < -0.4 is 10.5 Å². The van der Waals surface area contributed by atoms with Crippen LogP contribution in [0.25, 0.3) is 0 Å². The van der Waals surface area contributed by atoms with Crippen molar-refractivity contribution in [1.82, 2.24) is 4.90 Å². The second kappa shape index (κ2) is 6.75. The molecule has 4 heteroatoms. The maximum absolute atomic E-state index is 12.8. The molecule has 4 nitrogen and oxygen atoms in total. The number of hydrogen-bond acceptors (Lipinski definition) is 3. The lowest BCUT2D eigenvalue weighted by Gasteiger charge is -2.38. The summed E-state index contributed by atoms with van der Waals surface area (Å²) in [6.07, 6.45) is 4.26. The number of carbonyl (C=O) groups excluding carboxylic acids is 1. The fraction of sp³-hybridized carbons (Fsp3) is 0.562. The zero-order valence-electron chi connectivity index (χ0n) is 12.4. The standard InChI is InChI=1S/C16H24N2O2/c1-12-7-8-15(20-2)14(11-12)16(19)18(10-4-9-17)13-5-3-6-13/h7-8,11,13H,3-6,9-10,17H2,1-2H3. The predicted octanol–water partition coefficient (Wildman–Crippen LogP) is 2.35. The molecule has 0 aromatic heterocycles. The van der Waals surface area contributed by atoms with Crippen LogP contribution in [0.15, 0.2) is 18.2 Å². The smallest absolute Gasteiger partial charge is 0.257 e. The first-order valence-electron chi connectivity index (χ1n) is 7.33. The van der Waals surface area contributed by atoms with Crippen molar-refractivity contribution in [2.45, 2.75) is 38.6 Å². The molecule has 0 bridgehead atoms. The number of methoxy groups -OCH3 is 1. The van der Waals surface area contributed by atoms with Gasteiger partial charge in [-0.25, -0.2) is 0 Å². The average molecular weight is 276 g/mol. The van der Waals surface area contributed by atoms with E-state index in [1.165, 1.54) is 6.42 Å². The van der Waals surface area contributed by atoms with Gasteiger partial charge in [-0.05, 0) is 51.3 Å². The van der Waals surface area contributed by atoms with Crippen LogP contribution in [0.5, 0.6) is 5.75 Å². The van der Waals surface area contributed by atoms with Gasteiger partial charge in [0.25, 0.3) is 5.91 Å². The number of rotatable bonds is 6. The Hall–Kier alpha value is -1.55. The predicted molar refractivity (Wildman–Crippen MR) is 80.1 cm³/mol. The number of hydrogen-bond donors (Lipinski definition) is 1. The van der Waals surface area contributed by atoms with Crippen LogP contribution in [-0.4, -0.2) is 37.0 Å². The second-order valence-corrected chi connectivity index (χ2v) is 5.43. The lowest BCUT2D eigenvalue weighted by atomic mass is 9.90. The monoisotopic (exact) mass is 276 g/mol. The summed E-state index contributed by atoms with van der Waals surface area (Å²) in [6.45, 7) is 3.34. The number of aryl methyl sites for hydroxylation is 1. The van der Waals surface area contributed by atoms with Crippen LogP contribution >= 0.6 is 0 Å². The highest BCUT2D eigenvalue weighted by atomic mass is 16.5. The van der Waals surface area contributed by atoms with E-state index < -0.39 is 0 Å². The molecule has 2 rings (SSSR count). The highest BCUT2D eigenvalue weighted by molar-refractivity contribution is 5.97. The first kappa shape index (κ1) is 14.9. The molecule has 0 saturated heterocycles. The molecule has 0 spiro atoms. The van der Waals surface area contributed by atoms with E-state index in [1.54, 1.807) is 7.11 Å². The molecule has 1 amide bonds. The van der Waals surface area contributed by atoms with E-state index in [4.69, 9.17) is 10.5 Å². The minimum absolute atomic E-state index is 0.0729. The highest BCUT2D eigenvalue weighted by Crippen LogP contribution is 2.29. The molecule has 1 saturated carbocycles. The lowest BCUT2D eigenvalue weighted by Crippen LogP contribution is -2.45. The fourth-order valence-corrected chi connectivity index (χ4v) is 2.55. The number of amides is 1. The molecule has 1 aliphatic rings. The van der Waals surface area contributed by atoms with Crippen LogP contribution in [0.1, 0.15) is 41.6 Å². The number of carbonyl (C=O) groups is 1. The van der Waals surface area contributed by atoms with Gasteiger partial charge in [-0.1, -0.05) is 11.6 Å². The van der Waals surface area contributed by atoms with E-state index in [1.807, 2.05) is 30.0 Å². The minimum atomic E-state index is 0.0729. The summed E-state index contributed by atoms with van der Waals surface area (Å²) in [4.78, 5) is 14.8. The van der Waals surface area contributed by atoms with Gasteiger partial charge in [0.2, 0.25) is 0 Å². The Bertz CT molecular complexity index is 470. The van der Waals surface area contributed by atoms with Crippen molar-refractivity contribution in [3.63, 3.8) is 0 Å². The lowest BCUT2D eigenvalue weighted by molar-refractivity contribution is 0.0575. The largest absolute Gasteiger partial charge is 0.496 e. The van der Waals surface area contributed by atoms with Gasteiger partial charge in [0.15, 0.2) is 0 Å². The summed E-state index contributed by atoms with van der Waals surface area (Å²) < 4.78 is 5.34. The van der Waals surface area contributed by atoms with Crippen LogP contribution in [0.4, 0.5) is 0 Å². The van der Waals surface area contributed by atoms with E-state index in [9.17, 15) is 4.79 Å². The third-order valence-electron chi connectivity index (χ3n) is 3.96. The Morgan fingerprint density at radius 2 is 2.20 bits per heavy atom.